The number of benzene rings is 2. The first-order valence-corrected chi connectivity index (χ1v) is 6.30. The smallest absolute Gasteiger partial charge is 0.258 e. The molecule has 6 nitrogen and oxygen atoms in total. The molecule has 0 spiro atoms. The quantitative estimate of drug-likeness (QED) is 0.543. The lowest BCUT2D eigenvalue weighted by atomic mass is 10.3. The predicted molar refractivity (Wildman–Crippen MR) is 69.0 cm³/mol. The van der Waals surface area contributed by atoms with E-state index in [0.29, 0.717) is 15.3 Å². The van der Waals surface area contributed by atoms with Gasteiger partial charge in [0.05, 0.1) is 9.82 Å². The lowest BCUT2D eigenvalue weighted by molar-refractivity contribution is -0.386. The molecular weight excluding hydrogens is 285 g/mol. The van der Waals surface area contributed by atoms with Crippen molar-refractivity contribution >= 4 is 28.5 Å². The molecule has 0 saturated carbocycles. The van der Waals surface area contributed by atoms with Gasteiger partial charge in [-0.05, 0) is 40.6 Å². The number of aromatic nitrogens is 2. The SMILES string of the molecule is O=[N+]([O-])c1c(Sc2cccc(F)c2)ccc2nonc12. The Bertz CT molecular complexity index is 805. The predicted octanol–water partition coefficient (Wildman–Crippen LogP) is 3.42. The third-order valence-electron chi connectivity index (χ3n) is 2.57. The van der Waals surface area contributed by atoms with E-state index in [-0.39, 0.29) is 11.2 Å². The summed E-state index contributed by atoms with van der Waals surface area (Å²) >= 11 is 1.08. The standard InChI is InChI=1S/C12H6FN3O3S/c13-7-2-1-3-8(6-7)20-10-5-4-9-11(15-19-14-9)12(10)16(17)18/h1-6H. The van der Waals surface area contributed by atoms with Crippen molar-refractivity contribution in [1.82, 2.24) is 10.3 Å². The molecule has 0 fully saturated rings. The zero-order chi connectivity index (χ0) is 14.1. The van der Waals surface area contributed by atoms with Crippen LogP contribution in [0, 0.1) is 15.9 Å². The highest BCUT2D eigenvalue weighted by atomic mass is 32.2. The molecule has 0 saturated heterocycles. The highest BCUT2D eigenvalue weighted by Gasteiger charge is 2.23. The summed E-state index contributed by atoms with van der Waals surface area (Å²) in [5, 5.41) is 18.3. The zero-order valence-corrected chi connectivity index (χ0v) is 10.6. The van der Waals surface area contributed by atoms with Crippen molar-refractivity contribution < 1.29 is 13.9 Å². The summed E-state index contributed by atoms with van der Waals surface area (Å²) in [5.41, 5.74) is 0.190. The Kier molecular flexibility index (Phi) is 3.07. The van der Waals surface area contributed by atoms with Crippen LogP contribution in [0.25, 0.3) is 11.0 Å². The number of rotatable bonds is 3. The molecule has 1 heterocycles. The van der Waals surface area contributed by atoms with Gasteiger partial charge in [-0.3, -0.25) is 10.1 Å². The van der Waals surface area contributed by atoms with Crippen LogP contribution >= 0.6 is 11.8 Å². The van der Waals surface area contributed by atoms with Gasteiger partial charge in [0, 0.05) is 4.90 Å². The van der Waals surface area contributed by atoms with Crippen molar-refractivity contribution in [3.63, 3.8) is 0 Å². The minimum atomic E-state index is -0.547. The van der Waals surface area contributed by atoms with Gasteiger partial charge in [-0.2, -0.15) is 0 Å². The minimum Gasteiger partial charge on any atom is -0.258 e. The van der Waals surface area contributed by atoms with Crippen LogP contribution in [-0.4, -0.2) is 15.2 Å². The molecule has 2 aromatic carbocycles. The molecule has 0 aliphatic carbocycles. The maximum atomic E-state index is 13.1. The number of fused-ring (bicyclic) bond motifs is 1. The van der Waals surface area contributed by atoms with Gasteiger partial charge in [-0.1, -0.05) is 17.8 Å². The molecule has 8 heteroatoms. The second kappa shape index (κ2) is 4.89. The summed E-state index contributed by atoms with van der Waals surface area (Å²) in [6.07, 6.45) is 0. The van der Waals surface area contributed by atoms with Crippen molar-refractivity contribution in [1.29, 1.82) is 0 Å². The molecule has 1 aromatic heterocycles. The number of hydrogen-bond acceptors (Lipinski definition) is 6. The fraction of sp³-hybridized carbons (Fsp3) is 0. The second-order valence-corrected chi connectivity index (χ2v) is 4.98. The average molecular weight is 291 g/mol. The lowest BCUT2D eigenvalue weighted by Gasteiger charge is -2.02. The van der Waals surface area contributed by atoms with Crippen LogP contribution in [0.4, 0.5) is 10.1 Å². The van der Waals surface area contributed by atoms with E-state index in [1.165, 1.54) is 12.1 Å². The summed E-state index contributed by atoms with van der Waals surface area (Å²) < 4.78 is 17.7. The van der Waals surface area contributed by atoms with Gasteiger partial charge in [0.15, 0.2) is 0 Å². The highest BCUT2D eigenvalue weighted by Crippen LogP contribution is 2.38. The first-order chi connectivity index (χ1) is 9.65. The van der Waals surface area contributed by atoms with Gasteiger partial charge in [0.1, 0.15) is 11.3 Å². The Morgan fingerprint density at radius 2 is 2.10 bits per heavy atom. The van der Waals surface area contributed by atoms with Crippen LogP contribution in [0.5, 0.6) is 0 Å². The van der Waals surface area contributed by atoms with E-state index in [1.807, 2.05) is 0 Å². The van der Waals surface area contributed by atoms with Gasteiger partial charge in [-0.15, -0.1) is 0 Å². The van der Waals surface area contributed by atoms with Crippen LogP contribution in [-0.2, 0) is 0 Å². The first-order valence-electron chi connectivity index (χ1n) is 5.48. The largest absolute Gasteiger partial charge is 0.314 e. The Morgan fingerprint density at radius 3 is 2.85 bits per heavy atom. The molecule has 0 amide bonds. The van der Waals surface area contributed by atoms with Gasteiger partial charge >= 0.3 is 5.69 Å². The first kappa shape index (κ1) is 12.5. The molecule has 3 rings (SSSR count). The number of nitro groups is 1. The Morgan fingerprint density at radius 1 is 1.25 bits per heavy atom. The van der Waals surface area contributed by atoms with E-state index in [2.05, 4.69) is 14.9 Å². The van der Waals surface area contributed by atoms with Crippen molar-refractivity contribution in [3.05, 3.63) is 52.3 Å². The van der Waals surface area contributed by atoms with E-state index in [0.717, 1.165) is 11.8 Å². The van der Waals surface area contributed by atoms with Crippen LogP contribution < -0.4 is 0 Å². The molecule has 100 valence electrons. The molecule has 0 atom stereocenters. The fourth-order valence-corrected chi connectivity index (χ4v) is 2.71. The third kappa shape index (κ3) is 2.21. The molecule has 0 aliphatic heterocycles. The van der Waals surface area contributed by atoms with E-state index in [9.17, 15) is 14.5 Å². The maximum absolute atomic E-state index is 13.1. The Labute approximate surface area is 115 Å². The molecular formula is C12H6FN3O3S. The number of nitro benzene ring substituents is 1. The Balaban J connectivity index is 2.11. The second-order valence-electron chi connectivity index (χ2n) is 3.86. The lowest BCUT2D eigenvalue weighted by Crippen LogP contribution is -1.92. The normalized spacial score (nSPS) is 10.8. The van der Waals surface area contributed by atoms with E-state index in [1.54, 1.807) is 24.3 Å². The molecule has 0 unspecified atom stereocenters. The fourth-order valence-electron chi connectivity index (χ4n) is 1.74. The topological polar surface area (TPSA) is 82.1 Å². The van der Waals surface area contributed by atoms with Crippen LogP contribution in [0.15, 0.2) is 50.8 Å². The summed E-state index contributed by atoms with van der Waals surface area (Å²) in [6, 6.07) is 8.94. The van der Waals surface area contributed by atoms with E-state index >= 15 is 0 Å². The molecule has 0 radical (unpaired) electrons. The van der Waals surface area contributed by atoms with Crippen molar-refractivity contribution in [2.45, 2.75) is 9.79 Å². The zero-order valence-electron chi connectivity index (χ0n) is 9.82. The van der Waals surface area contributed by atoms with Gasteiger partial charge in [0.2, 0.25) is 5.52 Å². The summed E-state index contributed by atoms with van der Waals surface area (Å²) in [5.74, 6) is -0.401. The van der Waals surface area contributed by atoms with E-state index < -0.39 is 10.7 Å². The van der Waals surface area contributed by atoms with Crippen molar-refractivity contribution in [2.75, 3.05) is 0 Å². The third-order valence-corrected chi connectivity index (χ3v) is 3.61. The number of halogens is 1. The molecule has 0 N–H and O–H groups in total. The number of nitrogens with zero attached hydrogens (tertiary/aromatic N) is 3. The van der Waals surface area contributed by atoms with E-state index in [4.69, 9.17) is 0 Å². The summed E-state index contributed by atoms with van der Waals surface area (Å²) in [4.78, 5) is 11.6. The van der Waals surface area contributed by atoms with Gasteiger partial charge < -0.3 is 0 Å². The van der Waals surface area contributed by atoms with Gasteiger partial charge in [0.25, 0.3) is 0 Å². The van der Waals surface area contributed by atoms with Crippen molar-refractivity contribution in [2.24, 2.45) is 0 Å². The molecule has 20 heavy (non-hydrogen) atoms. The molecule has 0 aliphatic rings. The van der Waals surface area contributed by atoms with Crippen molar-refractivity contribution in [3.8, 4) is 0 Å². The minimum absolute atomic E-state index is 0.0800. The molecule has 3 aromatic rings. The van der Waals surface area contributed by atoms with Crippen LogP contribution in [0.2, 0.25) is 0 Å². The summed E-state index contributed by atoms with van der Waals surface area (Å²) in [6.45, 7) is 0. The van der Waals surface area contributed by atoms with Gasteiger partial charge in [-0.25, -0.2) is 9.02 Å². The summed E-state index contributed by atoms with van der Waals surface area (Å²) in [7, 11) is 0. The number of hydrogen-bond donors (Lipinski definition) is 0. The monoisotopic (exact) mass is 291 g/mol. The molecule has 0 bridgehead atoms. The maximum Gasteiger partial charge on any atom is 0.314 e. The van der Waals surface area contributed by atoms with Crippen LogP contribution in [0.3, 0.4) is 0 Å². The highest BCUT2D eigenvalue weighted by molar-refractivity contribution is 7.99. The average Bonchev–Trinajstić information content (AvgIpc) is 2.86. The van der Waals surface area contributed by atoms with Crippen LogP contribution in [0.1, 0.15) is 0 Å². The Hall–Kier alpha value is -2.48.